The quantitative estimate of drug-likeness (QED) is 0.0205. The van der Waals surface area contributed by atoms with Gasteiger partial charge in [-0.05, 0) is 76.7 Å². The summed E-state index contributed by atoms with van der Waals surface area (Å²) in [4.78, 5) is 37.6. The zero-order chi connectivity index (χ0) is 54.3. The van der Waals surface area contributed by atoms with Crippen LogP contribution < -0.4 is 5.32 Å². The lowest BCUT2D eigenvalue weighted by atomic mass is 10.0. The number of phosphoric acid groups is 1. The Morgan fingerprint density at radius 2 is 0.865 bits per heavy atom. The van der Waals surface area contributed by atoms with Crippen molar-refractivity contribution in [2.45, 2.75) is 283 Å². The van der Waals surface area contributed by atoms with E-state index in [4.69, 9.17) is 13.8 Å². The minimum absolute atomic E-state index is 0.0379. The van der Waals surface area contributed by atoms with Gasteiger partial charge in [0.1, 0.15) is 19.3 Å². The van der Waals surface area contributed by atoms with E-state index in [1.165, 1.54) is 135 Å². The van der Waals surface area contributed by atoms with Crippen LogP contribution >= 0.6 is 7.82 Å². The lowest BCUT2D eigenvalue weighted by Crippen LogP contribution is -2.47. The Morgan fingerprint density at radius 1 is 0.486 bits per heavy atom. The fourth-order valence-corrected chi connectivity index (χ4v) is 9.41. The summed E-state index contributed by atoms with van der Waals surface area (Å²) in [5.41, 5.74) is 0. The second-order valence-corrected chi connectivity index (χ2v) is 23.3. The third-order valence-corrected chi connectivity index (χ3v) is 14.4. The minimum Gasteiger partial charge on any atom is -0.456 e. The molecule has 1 amide bonds. The van der Waals surface area contributed by atoms with Crippen molar-refractivity contribution in [3.63, 3.8) is 0 Å². The smallest absolute Gasteiger partial charge is 0.456 e. The van der Waals surface area contributed by atoms with Crippen molar-refractivity contribution in [1.29, 1.82) is 0 Å². The number of rotatable bonds is 55. The number of allylic oxidation sites excluding steroid dienone is 11. The van der Waals surface area contributed by atoms with Crippen LogP contribution in [-0.2, 0) is 27.9 Å². The number of nitrogens with zero attached hydrogens (tertiary/aromatic N) is 1. The number of hydrogen-bond donors (Lipinski definition) is 2. The Bertz CT molecular complexity index is 1500. The van der Waals surface area contributed by atoms with E-state index in [1.807, 2.05) is 33.3 Å². The zero-order valence-electron chi connectivity index (χ0n) is 49.1. The number of hydrogen-bond acceptors (Lipinski definition) is 6. The Labute approximate surface area is 457 Å². The van der Waals surface area contributed by atoms with E-state index in [0.29, 0.717) is 23.9 Å². The number of nitrogens with one attached hydrogen (secondary N) is 1. The third-order valence-electron chi connectivity index (χ3n) is 13.4. The first-order chi connectivity index (χ1) is 35.9. The van der Waals surface area contributed by atoms with Gasteiger partial charge in [0.05, 0.1) is 33.8 Å². The van der Waals surface area contributed by atoms with Gasteiger partial charge in [0.25, 0.3) is 0 Å². The number of carbonyl (C=O) groups is 2. The number of carbonyl (C=O) groups excluding carboxylic acids is 2. The number of ether oxygens (including phenoxy) is 1. The van der Waals surface area contributed by atoms with Gasteiger partial charge >= 0.3 is 13.8 Å². The van der Waals surface area contributed by atoms with Crippen LogP contribution in [0, 0.1) is 0 Å². The highest BCUT2D eigenvalue weighted by atomic mass is 31.2. The van der Waals surface area contributed by atoms with Gasteiger partial charge in [0, 0.05) is 12.8 Å². The summed E-state index contributed by atoms with van der Waals surface area (Å²) in [6, 6.07) is -0.851. The van der Waals surface area contributed by atoms with Crippen LogP contribution in [0.5, 0.6) is 0 Å². The number of esters is 1. The maximum absolute atomic E-state index is 13.5. The van der Waals surface area contributed by atoms with Crippen LogP contribution in [0.25, 0.3) is 0 Å². The van der Waals surface area contributed by atoms with Crippen molar-refractivity contribution in [3.8, 4) is 0 Å². The number of phosphoric ester groups is 1. The van der Waals surface area contributed by atoms with Crippen molar-refractivity contribution in [2.75, 3.05) is 40.9 Å². The molecule has 10 heteroatoms. The summed E-state index contributed by atoms with van der Waals surface area (Å²) >= 11 is 0. The van der Waals surface area contributed by atoms with Crippen molar-refractivity contribution >= 4 is 19.7 Å². The van der Waals surface area contributed by atoms with Crippen LogP contribution in [-0.4, -0.2) is 74.3 Å². The fraction of sp³-hybridized carbons (Fsp3) is 0.781. The van der Waals surface area contributed by atoms with Gasteiger partial charge in [0.2, 0.25) is 5.91 Å². The Morgan fingerprint density at radius 3 is 1.30 bits per heavy atom. The highest BCUT2D eigenvalue weighted by molar-refractivity contribution is 7.47. The van der Waals surface area contributed by atoms with Crippen LogP contribution in [0.1, 0.15) is 271 Å². The second kappa shape index (κ2) is 53.8. The maximum atomic E-state index is 13.5. The molecule has 0 aliphatic heterocycles. The molecule has 0 aromatic rings. The van der Waals surface area contributed by atoms with E-state index >= 15 is 0 Å². The summed E-state index contributed by atoms with van der Waals surface area (Å²) in [5, 5.41) is 3.05. The average Bonchev–Trinajstić information content (AvgIpc) is 3.36. The average molecular weight is 1060 g/mol. The molecule has 0 rings (SSSR count). The number of quaternary nitrogens is 1. The topological polar surface area (TPSA) is 111 Å². The molecular weight excluding hydrogens is 940 g/mol. The molecule has 0 aromatic carbocycles. The molecule has 0 saturated heterocycles. The molecule has 2 N–H and O–H groups in total. The summed E-state index contributed by atoms with van der Waals surface area (Å²) in [6.07, 6.45) is 69.0. The first kappa shape index (κ1) is 71.5. The zero-order valence-corrected chi connectivity index (χ0v) is 50.0. The van der Waals surface area contributed by atoms with E-state index in [9.17, 15) is 19.0 Å². The molecule has 0 aliphatic carbocycles. The Hall–Kier alpha value is -2.55. The fourth-order valence-electron chi connectivity index (χ4n) is 8.67. The van der Waals surface area contributed by atoms with Gasteiger partial charge in [-0.1, -0.05) is 255 Å². The summed E-state index contributed by atoms with van der Waals surface area (Å²) in [6.45, 7) is 6.89. The summed E-state index contributed by atoms with van der Waals surface area (Å²) in [7, 11) is 1.49. The minimum atomic E-state index is -4.45. The molecule has 3 atom stereocenters. The standard InChI is InChI=1S/C64H117N2O7P/c1-7-10-13-16-19-22-25-27-28-29-30-31-32-33-34-35-36-37-38-39-42-44-47-50-53-56-63(67)65-61(60-72-74(69,70)71-59-58-66(4,5)6)62(55-52-49-46-43-41-26-23-20-17-14-11-8-2)73-64(68)57-54-51-48-45-40-24-21-18-15-12-9-3/h10,13,19,22,27-28,30-31,33-34,52,55,61-62H,7-9,11-12,14-18,20-21,23-26,29,32,35-51,53-54,56-60H2,1-6H3,(H-,65,67,69,70)/p+1/b13-10-,22-19-,28-27-,31-30-,34-33-,55-52-. The number of unbranched alkanes of at least 4 members (excludes halogenated alkanes) is 29. The van der Waals surface area contributed by atoms with E-state index < -0.39 is 20.0 Å². The number of likely N-dealkylation sites (N-methyl/N-ethyl adjacent to an activating group) is 1. The van der Waals surface area contributed by atoms with Crippen molar-refractivity contribution in [2.24, 2.45) is 0 Å². The van der Waals surface area contributed by atoms with Crippen LogP contribution in [0.3, 0.4) is 0 Å². The third kappa shape index (κ3) is 54.2. The molecular formula is C64H118N2O7P+. The molecule has 0 fully saturated rings. The second-order valence-electron chi connectivity index (χ2n) is 21.9. The molecule has 430 valence electrons. The molecule has 0 radical (unpaired) electrons. The van der Waals surface area contributed by atoms with Gasteiger partial charge in [-0.3, -0.25) is 18.6 Å². The predicted molar refractivity (Wildman–Crippen MR) is 318 cm³/mol. The van der Waals surface area contributed by atoms with E-state index in [0.717, 1.165) is 103 Å². The van der Waals surface area contributed by atoms with Crippen molar-refractivity contribution in [3.05, 3.63) is 72.9 Å². The predicted octanol–water partition coefficient (Wildman–Crippen LogP) is 18.8. The van der Waals surface area contributed by atoms with Gasteiger partial charge in [-0.25, -0.2) is 4.57 Å². The number of amides is 1. The molecule has 0 saturated carbocycles. The Kier molecular flexibility index (Phi) is 52.0. The molecule has 3 unspecified atom stereocenters. The summed E-state index contributed by atoms with van der Waals surface area (Å²) in [5.74, 6) is -0.509. The maximum Gasteiger partial charge on any atom is 0.472 e. The largest absolute Gasteiger partial charge is 0.472 e. The van der Waals surface area contributed by atoms with Crippen molar-refractivity contribution in [1.82, 2.24) is 5.32 Å². The molecule has 0 heterocycles. The molecule has 0 aromatic heterocycles. The van der Waals surface area contributed by atoms with E-state index in [-0.39, 0.29) is 25.1 Å². The monoisotopic (exact) mass is 1060 g/mol. The first-order valence-corrected chi connectivity index (χ1v) is 32.3. The first-order valence-electron chi connectivity index (χ1n) is 30.8. The van der Waals surface area contributed by atoms with E-state index in [1.54, 1.807) is 0 Å². The SMILES string of the molecule is CC/C=C\C/C=C\C/C=C\C/C=C\C/C=C\CCCCCCCCCCCC(=O)NC(COP(=O)(O)OCC[N+](C)(C)C)C(/C=C\CCCCCCCCCCCC)OC(=O)CCCCCCCCCCCCC. The van der Waals surface area contributed by atoms with Gasteiger partial charge in [-0.15, -0.1) is 0 Å². The molecule has 0 spiro atoms. The lowest BCUT2D eigenvalue weighted by molar-refractivity contribution is -0.870. The van der Waals surface area contributed by atoms with Crippen LogP contribution in [0.15, 0.2) is 72.9 Å². The van der Waals surface area contributed by atoms with Gasteiger partial charge in [-0.2, -0.15) is 0 Å². The summed E-state index contributed by atoms with van der Waals surface area (Å²) < 4.78 is 30.6. The molecule has 74 heavy (non-hydrogen) atoms. The molecule has 9 nitrogen and oxygen atoms in total. The van der Waals surface area contributed by atoms with Crippen LogP contribution in [0.4, 0.5) is 0 Å². The molecule has 0 aliphatic rings. The normalized spacial score (nSPS) is 14.2. The van der Waals surface area contributed by atoms with Crippen molar-refractivity contribution < 1.29 is 37.3 Å². The molecule has 0 bridgehead atoms. The van der Waals surface area contributed by atoms with Gasteiger partial charge < -0.3 is 19.4 Å². The highest BCUT2D eigenvalue weighted by Crippen LogP contribution is 2.43. The Balaban J connectivity index is 5.12. The highest BCUT2D eigenvalue weighted by Gasteiger charge is 2.30. The van der Waals surface area contributed by atoms with Gasteiger partial charge in [0.15, 0.2) is 0 Å². The lowest BCUT2D eigenvalue weighted by Gasteiger charge is -2.27. The van der Waals surface area contributed by atoms with Crippen LogP contribution in [0.2, 0.25) is 0 Å². The van der Waals surface area contributed by atoms with E-state index in [2.05, 4.69) is 86.8 Å².